The summed E-state index contributed by atoms with van der Waals surface area (Å²) in [5.74, 6) is 2.15. The van der Waals surface area contributed by atoms with Crippen LogP contribution in [0.2, 0.25) is 0 Å². The van der Waals surface area contributed by atoms with E-state index in [1.807, 2.05) is 0 Å². The molecule has 1 aliphatic rings. The molecule has 6 nitrogen and oxygen atoms in total. The molecule has 1 aromatic rings. The predicted octanol–water partition coefficient (Wildman–Crippen LogP) is 0.277. The van der Waals surface area contributed by atoms with E-state index in [1.54, 1.807) is 7.11 Å². The van der Waals surface area contributed by atoms with Gasteiger partial charge in [-0.25, -0.2) is 0 Å². The molecule has 1 fully saturated rings. The number of nitrogens with zero attached hydrogens (tertiary/aromatic N) is 3. The van der Waals surface area contributed by atoms with E-state index < -0.39 is 0 Å². The fourth-order valence-corrected chi connectivity index (χ4v) is 2.17. The van der Waals surface area contributed by atoms with E-state index in [2.05, 4.69) is 14.8 Å². The smallest absolute Gasteiger partial charge is 0.146 e. The SMILES string of the molecule is COCCn1c(CN)nnc1C1CCCOC1. The number of ether oxygens (including phenoxy) is 2. The molecule has 1 aromatic heterocycles. The van der Waals surface area contributed by atoms with E-state index in [1.165, 1.54) is 0 Å². The minimum atomic E-state index is 0.341. The lowest BCUT2D eigenvalue weighted by Crippen LogP contribution is -2.22. The van der Waals surface area contributed by atoms with Crippen LogP contribution < -0.4 is 5.73 Å². The minimum absolute atomic E-state index is 0.341. The zero-order valence-corrected chi connectivity index (χ0v) is 10.3. The number of rotatable bonds is 5. The summed E-state index contributed by atoms with van der Waals surface area (Å²) in [6, 6.07) is 0. The minimum Gasteiger partial charge on any atom is -0.383 e. The Balaban J connectivity index is 2.16. The van der Waals surface area contributed by atoms with Gasteiger partial charge in [-0.3, -0.25) is 0 Å². The highest BCUT2D eigenvalue weighted by Crippen LogP contribution is 2.24. The van der Waals surface area contributed by atoms with Crippen LogP contribution in [0.25, 0.3) is 0 Å². The van der Waals surface area contributed by atoms with E-state index in [9.17, 15) is 0 Å². The number of aromatic nitrogens is 3. The van der Waals surface area contributed by atoms with E-state index in [0.29, 0.717) is 19.1 Å². The van der Waals surface area contributed by atoms with Crippen LogP contribution in [-0.4, -0.2) is 41.7 Å². The summed E-state index contributed by atoms with van der Waals surface area (Å²) in [5, 5.41) is 8.40. The summed E-state index contributed by atoms with van der Waals surface area (Å²) in [4.78, 5) is 0. The molecule has 2 heterocycles. The zero-order chi connectivity index (χ0) is 12.1. The largest absolute Gasteiger partial charge is 0.383 e. The molecule has 1 aliphatic heterocycles. The summed E-state index contributed by atoms with van der Waals surface area (Å²) in [6.45, 7) is 3.39. The van der Waals surface area contributed by atoms with E-state index in [4.69, 9.17) is 15.2 Å². The quantitative estimate of drug-likeness (QED) is 0.800. The Bertz CT molecular complexity index is 347. The lowest BCUT2D eigenvalue weighted by molar-refractivity contribution is 0.0762. The van der Waals surface area contributed by atoms with E-state index in [-0.39, 0.29) is 0 Å². The van der Waals surface area contributed by atoms with Crippen molar-refractivity contribution in [2.45, 2.75) is 31.8 Å². The molecule has 0 aliphatic carbocycles. The maximum absolute atomic E-state index is 5.67. The van der Waals surface area contributed by atoms with Gasteiger partial charge in [-0.05, 0) is 12.8 Å². The highest BCUT2D eigenvalue weighted by atomic mass is 16.5. The first-order chi connectivity index (χ1) is 8.36. The molecule has 1 atom stereocenters. The Labute approximate surface area is 101 Å². The average Bonchev–Trinajstić information content (AvgIpc) is 2.80. The normalized spacial score (nSPS) is 20.7. The van der Waals surface area contributed by atoms with Crippen molar-refractivity contribution in [3.63, 3.8) is 0 Å². The molecule has 1 unspecified atom stereocenters. The average molecular weight is 240 g/mol. The fraction of sp³-hybridized carbons (Fsp3) is 0.818. The van der Waals surface area contributed by atoms with Gasteiger partial charge in [-0.1, -0.05) is 0 Å². The van der Waals surface area contributed by atoms with Gasteiger partial charge in [0.15, 0.2) is 0 Å². The van der Waals surface area contributed by atoms with Crippen LogP contribution in [0.15, 0.2) is 0 Å². The van der Waals surface area contributed by atoms with Gasteiger partial charge in [0.05, 0.1) is 19.8 Å². The maximum atomic E-state index is 5.67. The number of methoxy groups -OCH3 is 1. The maximum Gasteiger partial charge on any atom is 0.146 e. The Morgan fingerprint density at radius 2 is 2.41 bits per heavy atom. The molecule has 6 heteroatoms. The fourth-order valence-electron chi connectivity index (χ4n) is 2.17. The third kappa shape index (κ3) is 2.83. The van der Waals surface area contributed by atoms with Gasteiger partial charge in [0, 0.05) is 26.2 Å². The van der Waals surface area contributed by atoms with Gasteiger partial charge in [0.2, 0.25) is 0 Å². The van der Waals surface area contributed by atoms with Gasteiger partial charge in [0.1, 0.15) is 11.6 Å². The van der Waals surface area contributed by atoms with Crippen molar-refractivity contribution in [2.24, 2.45) is 5.73 Å². The summed E-state index contributed by atoms with van der Waals surface area (Å²) >= 11 is 0. The monoisotopic (exact) mass is 240 g/mol. The number of nitrogens with two attached hydrogens (primary N) is 1. The molecule has 17 heavy (non-hydrogen) atoms. The Hall–Kier alpha value is -0.980. The second-order valence-corrected chi connectivity index (χ2v) is 4.24. The van der Waals surface area contributed by atoms with E-state index >= 15 is 0 Å². The van der Waals surface area contributed by atoms with Gasteiger partial charge in [-0.2, -0.15) is 0 Å². The summed E-state index contributed by atoms with van der Waals surface area (Å²) in [7, 11) is 1.69. The second-order valence-electron chi connectivity index (χ2n) is 4.24. The lowest BCUT2D eigenvalue weighted by atomic mass is 10.0. The van der Waals surface area contributed by atoms with Crippen LogP contribution in [0.1, 0.15) is 30.4 Å². The number of hydrogen-bond donors (Lipinski definition) is 1. The van der Waals surface area contributed by atoms with Crippen molar-refractivity contribution in [1.82, 2.24) is 14.8 Å². The van der Waals surface area contributed by atoms with Gasteiger partial charge in [-0.15, -0.1) is 10.2 Å². The predicted molar refractivity (Wildman–Crippen MR) is 62.6 cm³/mol. The third-order valence-corrected chi connectivity index (χ3v) is 3.08. The first-order valence-corrected chi connectivity index (χ1v) is 6.05. The summed E-state index contributed by atoms with van der Waals surface area (Å²) < 4.78 is 12.7. The molecule has 0 radical (unpaired) electrons. The van der Waals surface area contributed by atoms with Crippen molar-refractivity contribution in [2.75, 3.05) is 26.9 Å². The molecular formula is C11H20N4O2. The van der Waals surface area contributed by atoms with Crippen LogP contribution in [0.3, 0.4) is 0 Å². The van der Waals surface area contributed by atoms with E-state index in [0.717, 1.165) is 44.2 Å². The molecule has 0 saturated carbocycles. The van der Waals surface area contributed by atoms with Crippen LogP contribution in [-0.2, 0) is 22.6 Å². The molecule has 2 rings (SSSR count). The van der Waals surface area contributed by atoms with Crippen LogP contribution >= 0.6 is 0 Å². The highest BCUT2D eigenvalue weighted by molar-refractivity contribution is 5.03. The Morgan fingerprint density at radius 1 is 1.53 bits per heavy atom. The van der Waals surface area contributed by atoms with Crippen LogP contribution in [0.5, 0.6) is 0 Å². The topological polar surface area (TPSA) is 75.2 Å². The summed E-state index contributed by atoms with van der Waals surface area (Å²) in [6.07, 6.45) is 2.19. The first-order valence-electron chi connectivity index (χ1n) is 6.05. The molecule has 0 spiro atoms. The van der Waals surface area contributed by atoms with Crippen molar-refractivity contribution >= 4 is 0 Å². The van der Waals surface area contributed by atoms with Crippen molar-refractivity contribution in [3.8, 4) is 0 Å². The Kier molecular flexibility index (Phi) is 4.47. The lowest BCUT2D eigenvalue weighted by Gasteiger charge is -2.22. The van der Waals surface area contributed by atoms with Gasteiger partial charge < -0.3 is 19.8 Å². The zero-order valence-electron chi connectivity index (χ0n) is 10.3. The molecule has 0 amide bonds. The van der Waals surface area contributed by atoms with Crippen LogP contribution in [0, 0.1) is 0 Å². The van der Waals surface area contributed by atoms with Crippen molar-refractivity contribution in [3.05, 3.63) is 11.6 Å². The van der Waals surface area contributed by atoms with Gasteiger partial charge in [0.25, 0.3) is 0 Å². The molecule has 96 valence electrons. The molecule has 2 N–H and O–H groups in total. The molecule has 0 aromatic carbocycles. The summed E-state index contributed by atoms with van der Waals surface area (Å²) in [5.41, 5.74) is 5.67. The standard InChI is InChI=1S/C11H20N4O2/c1-16-6-4-15-10(7-12)13-14-11(15)9-3-2-5-17-8-9/h9H,2-8,12H2,1H3. The molecule has 0 bridgehead atoms. The van der Waals surface area contributed by atoms with Crippen molar-refractivity contribution < 1.29 is 9.47 Å². The first kappa shape index (κ1) is 12.5. The molecule has 1 saturated heterocycles. The molecular weight excluding hydrogens is 220 g/mol. The highest BCUT2D eigenvalue weighted by Gasteiger charge is 2.23. The van der Waals surface area contributed by atoms with Crippen molar-refractivity contribution in [1.29, 1.82) is 0 Å². The third-order valence-electron chi connectivity index (χ3n) is 3.08. The number of hydrogen-bond acceptors (Lipinski definition) is 5. The van der Waals surface area contributed by atoms with Crippen LogP contribution in [0.4, 0.5) is 0 Å². The van der Waals surface area contributed by atoms with Gasteiger partial charge >= 0.3 is 0 Å². The Morgan fingerprint density at radius 3 is 3.06 bits per heavy atom. The second kappa shape index (κ2) is 6.09.